The highest BCUT2D eigenvalue weighted by molar-refractivity contribution is 4.82. The molecule has 1 saturated carbocycles. The minimum Gasteiger partial charge on any atom is -0.389 e. The van der Waals surface area contributed by atoms with E-state index in [9.17, 15) is 5.11 Å². The molecule has 12 heavy (non-hydrogen) atoms. The molecule has 0 unspecified atom stereocenters. The zero-order chi connectivity index (χ0) is 9.19. The molecule has 0 aromatic rings. The van der Waals surface area contributed by atoms with Crippen LogP contribution < -0.4 is 5.32 Å². The van der Waals surface area contributed by atoms with E-state index in [1.54, 1.807) is 0 Å². The van der Waals surface area contributed by atoms with Crippen molar-refractivity contribution < 1.29 is 5.11 Å². The van der Waals surface area contributed by atoms with Crippen molar-refractivity contribution in [3.63, 3.8) is 0 Å². The first-order valence-electron chi connectivity index (χ1n) is 4.95. The van der Waals surface area contributed by atoms with Crippen molar-refractivity contribution in [3.8, 4) is 0 Å². The van der Waals surface area contributed by atoms with Crippen LogP contribution in [-0.4, -0.2) is 23.3 Å². The third-order valence-electron chi connectivity index (χ3n) is 2.66. The second-order valence-corrected chi connectivity index (χ2v) is 4.71. The van der Waals surface area contributed by atoms with Crippen LogP contribution in [0.25, 0.3) is 0 Å². The zero-order valence-corrected chi connectivity index (χ0v) is 8.43. The minimum atomic E-state index is -0.567. The van der Waals surface area contributed by atoms with Crippen molar-refractivity contribution in [2.24, 2.45) is 5.92 Å². The average molecular weight is 171 g/mol. The summed E-state index contributed by atoms with van der Waals surface area (Å²) >= 11 is 0. The highest BCUT2D eigenvalue weighted by Crippen LogP contribution is 2.24. The van der Waals surface area contributed by atoms with Crippen molar-refractivity contribution in [1.29, 1.82) is 0 Å². The van der Waals surface area contributed by atoms with Crippen LogP contribution in [0.5, 0.6) is 0 Å². The van der Waals surface area contributed by atoms with Gasteiger partial charge in [0, 0.05) is 12.6 Å². The van der Waals surface area contributed by atoms with Crippen LogP contribution in [0.2, 0.25) is 0 Å². The quantitative estimate of drug-likeness (QED) is 0.675. The fraction of sp³-hybridized carbons (Fsp3) is 1.00. The summed E-state index contributed by atoms with van der Waals surface area (Å²) < 4.78 is 0. The van der Waals surface area contributed by atoms with Crippen LogP contribution in [0, 0.1) is 5.92 Å². The first-order valence-corrected chi connectivity index (χ1v) is 4.95. The molecule has 0 aromatic heterocycles. The number of rotatable bonds is 3. The normalized spacial score (nSPS) is 31.0. The summed E-state index contributed by atoms with van der Waals surface area (Å²) in [7, 11) is 0. The van der Waals surface area contributed by atoms with Crippen molar-refractivity contribution in [2.75, 3.05) is 6.54 Å². The van der Waals surface area contributed by atoms with Crippen LogP contribution >= 0.6 is 0 Å². The molecule has 2 atom stereocenters. The Morgan fingerprint density at radius 1 is 1.42 bits per heavy atom. The van der Waals surface area contributed by atoms with Crippen LogP contribution in [0.3, 0.4) is 0 Å². The molecule has 1 fully saturated rings. The van der Waals surface area contributed by atoms with Crippen molar-refractivity contribution in [3.05, 3.63) is 0 Å². The lowest BCUT2D eigenvalue weighted by atomic mass is 10.0. The Hall–Kier alpha value is -0.0800. The van der Waals surface area contributed by atoms with Crippen LogP contribution in [0.4, 0.5) is 0 Å². The molecular formula is C10H21NO. The first kappa shape index (κ1) is 10.0. The van der Waals surface area contributed by atoms with Gasteiger partial charge < -0.3 is 10.4 Å². The van der Waals surface area contributed by atoms with E-state index >= 15 is 0 Å². The van der Waals surface area contributed by atoms with Gasteiger partial charge in [0.15, 0.2) is 0 Å². The molecule has 0 bridgehead atoms. The number of aliphatic hydroxyl groups is 1. The highest BCUT2D eigenvalue weighted by atomic mass is 16.3. The lowest BCUT2D eigenvalue weighted by Gasteiger charge is -2.23. The smallest absolute Gasteiger partial charge is 0.0715 e. The Morgan fingerprint density at radius 2 is 2.08 bits per heavy atom. The Balaban J connectivity index is 2.23. The molecule has 2 N–H and O–H groups in total. The molecule has 2 heteroatoms. The molecule has 0 amide bonds. The fourth-order valence-electron chi connectivity index (χ4n) is 1.83. The third kappa shape index (κ3) is 3.11. The predicted octanol–water partition coefficient (Wildman–Crippen LogP) is 1.54. The maximum atomic E-state index is 9.50. The summed E-state index contributed by atoms with van der Waals surface area (Å²) in [4.78, 5) is 0. The Kier molecular flexibility index (Phi) is 3.13. The molecule has 0 spiro atoms. The zero-order valence-electron chi connectivity index (χ0n) is 8.43. The van der Waals surface area contributed by atoms with Crippen LogP contribution in [0.15, 0.2) is 0 Å². The fourth-order valence-corrected chi connectivity index (χ4v) is 1.83. The van der Waals surface area contributed by atoms with Crippen molar-refractivity contribution >= 4 is 0 Å². The molecule has 0 saturated heterocycles. The molecular weight excluding hydrogens is 150 g/mol. The summed E-state index contributed by atoms with van der Waals surface area (Å²) in [5, 5.41) is 12.9. The Labute approximate surface area is 75.4 Å². The van der Waals surface area contributed by atoms with Gasteiger partial charge in [0.1, 0.15) is 0 Å². The molecule has 1 rings (SSSR count). The van der Waals surface area contributed by atoms with Crippen LogP contribution in [0.1, 0.15) is 40.0 Å². The van der Waals surface area contributed by atoms with E-state index in [1.807, 2.05) is 13.8 Å². The third-order valence-corrected chi connectivity index (χ3v) is 2.66. The van der Waals surface area contributed by atoms with Gasteiger partial charge in [-0.2, -0.15) is 0 Å². The molecule has 0 aromatic carbocycles. The molecule has 2 nitrogen and oxygen atoms in total. The van der Waals surface area contributed by atoms with Gasteiger partial charge >= 0.3 is 0 Å². The maximum Gasteiger partial charge on any atom is 0.0715 e. The standard InChI is InChI=1S/C10H21NO/c1-8-5-4-6-9(8)11-7-10(2,3)12/h8-9,11-12H,4-7H2,1-3H3/t8-,9+/m0/s1. The molecule has 0 radical (unpaired) electrons. The summed E-state index contributed by atoms with van der Waals surface area (Å²) in [6.07, 6.45) is 3.95. The average Bonchev–Trinajstić information content (AvgIpc) is 2.29. The van der Waals surface area contributed by atoms with Gasteiger partial charge in [-0.15, -0.1) is 0 Å². The van der Waals surface area contributed by atoms with E-state index in [1.165, 1.54) is 19.3 Å². The summed E-state index contributed by atoms with van der Waals surface area (Å²) in [6.45, 7) is 6.69. The Bertz CT molecular complexity index is 139. The topological polar surface area (TPSA) is 32.3 Å². The van der Waals surface area contributed by atoms with Gasteiger partial charge in [0.25, 0.3) is 0 Å². The van der Waals surface area contributed by atoms with Crippen molar-refractivity contribution in [1.82, 2.24) is 5.32 Å². The van der Waals surface area contributed by atoms with E-state index in [2.05, 4.69) is 12.2 Å². The second kappa shape index (κ2) is 3.75. The molecule has 72 valence electrons. The van der Waals surface area contributed by atoms with E-state index in [0.717, 1.165) is 5.92 Å². The largest absolute Gasteiger partial charge is 0.389 e. The van der Waals surface area contributed by atoms with Gasteiger partial charge in [-0.25, -0.2) is 0 Å². The summed E-state index contributed by atoms with van der Waals surface area (Å²) in [6, 6.07) is 0.636. The van der Waals surface area contributed by atoms with E-state index in [0.29, 0.717) is 12.6 Å². The number of hydrogen-bond acceptors (Lipinski definition) is 2. The predicted molar refractivity (Wildman–Crippen MR) is 51.1 cm³/mol. The van der Waals surface area contributed by atoms with Gasteiger partial charge in [-0.05, 0) is 32.6 Å². The van der Waals surface area contributed by atoms with Gasteiger partial charge in [-0.1, -0.05) is 13.3 Å². The Morgan fingerprint density at radius 3 is 2.50 bits per heavy atom. The monoisotopic (exact) mass is 171 g/mol. The second-order valence-electron chi connectivity index (χ2n) is 4.71. The molecule has 0 heterocycles. The lowest BCUT2D eigenvalue weighted by Crippen LogP contribution is -2.41. The number of nitrogens with one attached hydrogen (secondary N) is 1. The SMILES string of the molecule is C[C@H]1CCC[C@H]1NCC(C)(C)O. The maximum absolute atomic E-state index is 9.50. The van der Waals surface area contributed by atoms with Gasteiger partial charge in [0.2, 0.25) is 0 Å². The molecule has 0 aliphatic heterocycles. The van der Waals surface area contributed by atoms with Crippen molar-refractivity contribution in [2.45, 2.75) is 51.7 Å². The summed E-state index contributed by atoms with van der Waals surface area (Å²) in [5.74, 6) is 0.785. The summed E-state index contributed by atoms with van der Waals surface area (Å²) in [5.41, 5.74) is -0.567. The van der Waals surface area contributed by atoms with E-state index < -0.39 is 5.60 Å². The van der Waals surface area contributed by atoms with Gasteiger partial charge in [0.05, 0.1) is 5.60 Å². The van der Waals surface area contributed by atoms with E-state index in [-0.39, 0.29) is 0 Å². The molecule has 1 aliphatic carbocycles. The number of hydrogen-bond donors (Lipinski definition) is 2. The lowest BCUT2D eigenvalue weighted by molar-refractivity contribution is 0.0750. The highest BCUT2D eigenvalue weighted by Gasteiger charge is 2.24. The molecule has 1 aliphatic rings. The first-order chi connectivity index (χ1) is 5.49. The minimum absolute atomic E-state index is 0.567. The van der Waals surface area contributed by atoms with Gasteiger partial charge in [-0.3, -0.25) is 0 Å². The van der Waals surface area contributed by atoms with E-state index in [4.69, 9.17) is 0 Å². The van der Waals surface area contributed by atoms with Crippen LogP contribution in [-0.2, 0) is 0 Å².